The number of nitriles is 1. The number of hydrogen-bond donors (Lipinski definition) is 1. The average molecular weight is 460 g/mol. The second-order valence-electron chi connectivity index (χ2n) is 7.56. The number of carbonyl (C=O) groups excluding carboxylic acids is 1. The lowest BCUT2D eigenvalue weighted by molar-refractivity contribution is 0.0950. The molecule has 0 unspecified atom stereocenters. The van der Waals surface area contributed by atoms with Gasteiger partial charge in [-0.25, -0.2) is 0 Å². The van der Waals surface area contributed by atoms with E-state index in [1.54, 1.807) is 43.1 Å². The van der Waals surface area contributed by atoms with Crippen LogP contribution in [0.4, 0.5) is 11.4 Å². The molecule has 3 aromatic carbocycles. The number of thioether (sulfide) groups is 1. The van der Waals surface area contributed by atoms with Crippen molar-refractivity contribution in [1.82, 2.24) is 5.32 Å². The van der Waals surface area contributed by atoms with Crippen LogP contribution in [0.2, 0.25) is 0 Å². The molecule has 0 spiro atoms. The molecular weight excluding hydrogens is 434 g/mol. The largest absolute Gasteiger partial charge is 0.497 e. The van der Waals surface area contributed by atoms with E-state index in [0.717, 1.165) is 23.4 Å². The predicted molar refractivity (Wildman–Crippen MR) is 131 cm³/mol. The topological polar surface area (TPSA) is 74.6 Å². The summed E-state index contributed by atoms with van der Waals surface area (Å²) in [6.45, 7) is 1.67. The molecule has 1 amide bonds. The third-order valence-electron chi connectivity index (χ3n) is 5.52. The van der Waals surface area contributed by atoms with Crippen LogP contribution in [0, 0.1) is 11.3 Å². The molecule has 1 heterocycles. The fourth-order valence-electron chi connectivity index (χ4n) is 3.75. The summed E-state index contributed by atoms with van der Waals surface area (Å²) in [5.41, 5.74) is 3.71. The zero-order valence-corrected chi connectivity index (χ0v) is 19.4. The molecule has 0 aromatic heterocycles. The van der Waals surface area contributed by atoms with Crippen LogP contribution in [-0.2, 0) is 6.54 Å². The second kappa shape index (κ2) is 10.3. The summed E-state index contributed by atoms with van der Waals surface area (Å²) < 4.78 is 11.3. The van der Waals surface area contributed by atoms with E-state index >= 15 is 0 Å². The Labute approximate surface area is 198 Å². The summed E-state index contributed by atoms with van der Waals surface area (Å²) in [7, 11) is 1.60. The van der Waals surface area contributed by atoms with Gasteiger partial charge in [-0.05, 0) is 60.7 Å². The number of fused-ring (bicyclic) bond motifs is 1. The second-order valence-corrected chi connectivity index (χ2v) is 8.44. The minimum absolute atomic E-state index is 0.162. The first-order valence-corrected chi connectivity index (χ1v) is 11.9. The van der Waals surface area contributed by atoms with Crippen LogP contribution in [0.5, 0.6) is 11.5 Å². The van der Waals surface area contributed by atoms with Gasteiger partial charge in [-0.15, -0.1) is 11.8 Å². The Kier molecular flexibility index (Phi) is 7.06. The van der Waals surface area contributed by atoms with Crippen LogP contribution < -0.4 is 19.7 Å². The molecule has 1 aliphatic heterocycles. The highest BCUT2D eigenvalue weighted by Crippen LogP contribution is 2.39. The van der Waals surface area contributed by atoms with Gasteiger partial charge in [0, 0.05) is 29.6 Å². The van der Waals surface area contributed by atoms with E-state index in [-0.39, 0.29) is 5.91 Å². The van der Waals surface area contributed by atoms with Crippen molar-refractivity contribution in [3.8, 4) is 17.6 Å². The molecule has 0 bridgehead atoms. The van der Waals surface area contributed by atoms with Crippen molar-refractivity contribution in [2.24, 2.45) is 0 Å². The highest BCUT2D eigenvalue weighted by Gasteiger charge is 2.22. The van der Waals surface area contributed by atoms with Crippen LogP contribution in [0.15, 0.2) is 65.6 Å². The first kappa shape index (κ1) is 22.6. The Morgan fingerprint density at radius 2 is 1.97 bits per heavy atom. The number of rotatable bonds is 6. The summed E-state index contributed by atoms with van der Waals surface area (Å²) in [5, 5.41) is 12.6. The fourth-order valence-corrected chi connectivity index (χ4v) is 4.16. The van der Waals surface area contributed by atoms with E-state index in [9.17, 15) is 10.1 Å². The average Bonchev–Trinajstić information content (AvgIpc) is 3.09. The number of nitrogens with zero attached hydrogens (tertiary/aromatic N) is 2. The van der Waals surface area contributed by atoms with Gasteiger partial charge < -0.3 is 19.7 Å². The highest BCUT2D eigenvalue weighted by molar-refractivity contribution is 7.98. The number of hydrogen-bond acceptors (Lipinski definition) is 6. The van der Waals surface area contributed by atoms with Crippen LogP contribution >= 0.6 is 11.8 Å². The van der Waals surface area contributed by atoms with Crippen LogP contribution in [-0.4, -0.2) is 32.4 Å². The van der Waals surface area contributed by atoms with Gasteiger partial charge in [0.05, 0.1) is 30.7 Å². The van der Waals surface area contributed by atoms with Crippen molar-refractivity contribution < 1.29 is 14.3 Å². The summed E-state index contributed by atoms with van der Waals surface area (Å²) in [4.78, 5) is 16.0. The quantitative estimate of drug-likeness (QED) is 0.515. The Morgan fingerprint density at radius 1 is 1.15 bits per heavy atom. The first-order chi connectivity index (χ1) is 16.1. The van der Waals surface area contributed by atoms with Crippen LogP contribution in [0.3, 0.4) is 0 Å². The number of benzene rings is 3. The van der Waals surface area contributed by atoms with E-state index in [1.807, 2.05) is 42.7 Å². The zero-order valence-electron chi connectivity index (χ0n) is 18.6. The van der Waals surface area contributed by atoms with Crippen molar-refractivity contribution in [2.75, 3.05) is 31.4 Å². The third-order valence-corrected chi connectivity index (χ3v) is 6.27. The molecule has 3 aromatic rings. The van der Waals surface area contributed by atoms with E-state index in [2.05, 4.69) is 16.3 Å². The van der Waals surface area contributed by atoms with Gasteiger partial charge in [0.1, 0.15) is 17.6 Å². The molecule has 0 atom stereocenters. The van der Waals surface area contributed by atoms with Crippen molar-refractivity contribution in [3.05, 3.63) is 77.4 Å². The number of anilines is 2. The molecule has 33 heavy (non-hydrogen) atoms. The molecule has 0 saturated carbocycles. The van der Waals surface area contributed by atoms with Gasteiger partial charge in [-0.3, -0.25) is 4.79 Å². The van der Waals surface area contributed by atoms with Crippen molar-refractivity contribution in [1.29, 1.82) is 5.26 Å². The number of methoxy groups -OCH3 is 1. The molecule has 7 heteroatoms. The monoisotopic (exact) mass is 459 g/mol. The highest BCUT2D eigenvalue weighted by atomic mass is 32.2. The number of carbonyl (C=O) groups is 1. The van der Waals surface area contributed by atoms with Crippen LogP contribution in [0.25, 0.3) is 0 Å². The van der Waals surface area contributed by atoms with E-state index in [4.69, 9.17) is 9.47 Å². The summed E-state index contributed by atoms with van der Waals surface area (Å²) in [5.74, 6) is 1.14. The van der Waals surface area contributed by atoms with Gasteiger partial charge in [-0.2, -0.15) is 5.26 Å². The lowest BCUT2D eigenvalue weighted by Crippen LogP contribution is -2.23. The molecule has 1 aliphatic rings. The summed E-state index contributed by atoms with van der Waals surface area (Å²) >= 11 is 1.69. The van der Waals surface area contributed by atoms with Gasteiger partial charge in [0.25, 0.3) is 5.91 Å². The molecule has 1 N–H and O–H groups in total. The Bertz CT molecular complexity index is 1190. The molecule has 0 radical (unpaired) electrons. The SMILES string of the molecule is COc1ccc(C#N)c(N2CCCOc3cc(C(=O)NCc4ccc(SC)cc4)ccc32)c1. The van der Waals surface area contributed by atoms with Crippen molar-refractivity contribution in [3.63, 3.8) is 0 Å². The third kappa shape index (κ3) is 5.07. The smallest absolute Gasteiger partial charge is 0.251 e. The number of ether oxygens (including phenoxy) is 2. The summed E-state index contributed by atoms with van der Waals surface area (Å²) in [6.07, 6.45) is 2.82. The fraction of sp³-hybridized carbons (Fsp3) is 0.231. The van der Waals surface area contributed by atoms with E-state index < -0.39 is 0 Å². The lowest BCUT2D eigenvalue weighted by atomic mass is 10.1. The molecular formula is C26H25N3O3S. The van der Waals surface area contributed by atoms with Gasteiger partial charge in [0.15, 0.2) is 0 Å². The standard InChI is InChI=1S/C26H25N3O3S/c1-31-21-8-6-20(16-27)24(15-21)29-12-3-13-32-25-14-19(7-11-23(25)29)26(30)28-17-18-4-9-22(33-2)10-5-18/h4-11,14-15H,3,12-13,17H2,1-2H3,(H,28,30). The summed E-state index contributed by atoms with van der Waals surface area (Å²) in [6, 6.07) is 21.2. The molecule has 4 rings (SSSR count). The zero-order chi connectivity index (χ0) is 23.2. The van der Waals surface area contributed by atoms with Gasteiger partial charge in [-0.1, -0.05) is 12.1 Å². The maximum absolute atomic E-state index is 12.8. The maximum atomic E-state index is 12.8. The first-order valence-electron chi connectivity index (χ1n) is 10.7. The molecule has 6 nitrogen and oxygen atoms in total. The maximum Gasteiger partial charge on any atom is 0.251 e. The Morgan fingerprint density at radius 3 is 2.70 bits per heavy atom. The van der Waals surface area contributed by atoms with Gasteiger partial charge in [0.2, 0.25) is 0 Å². The molecule has 0 aliphatic carbocycles. The minimum atomic E-state index is -0.162. The number of amides is 1. The van der Waals surface area contributed by atoms with Crippen molar-refractivity contribution >= 4 is 29.0 Å². The molecule has 168 valence electrons. The van der Waals surface area contributed by atoms with Gasteiger partial charge >= 0.3 is 0 Å². The Balaban J connectivity index is 1.57. The van der Waals surface area contributed by atoms with E-state index in [1.165, 1.54) is 4.90 Å². The van der Waals surface area contributed by atoms with Crippen LogP contribution in [0.1, 0.15) is 27.9 Å². The van der Waals surface area contributed by atoms with E-state index in [0.29, 0.717) is 42.3 Å². The Hall–Kier alpha value is -3.63. The lowest BCUT2D eigenvalue weighted by Gasteiger charge is -2.25. The predicted octanol–water partition coefficient (Wildman–Crippen LogP) is 5.14. The van der Waals surface area contributed by atoms with Crippen molar-refractivity contribution in [2.45, 2.75) is 17.9 Å². The molecule has 0 fully saturated rings. The number of nitrogens with one attached hydrogen (secondary N) is 1. The molecule has 0 saturated heterocycles. The minimum Gasteiger partial charge on any atom is -0.497 e. The normalized spacial score (nSPS) is 12.7.